The molecule has 2 saturated heterocycles. The average Bonchev–Trinajstić information content (AvgIpc) is 3.09. The Kier molecular flexibility index (Phi) is 6.62. The van der Waals surface area contributed by atoms with E-state index in [9.17, 15) is 50.4 Å². The van der Waals surface area contributed by atoms with Crippen molar-refractivity contribution in [1.29, 1.82) is 0 Å². The monoisotopic (exact) mass is 504 g/mol. The molecule has 0 aromatic heterocycles. The number of benzene rings is 1. The van der Waals surface area contributed by atoms with Gasteiger partial charge >= 0.3 is 23.7 Å². The van der Waals surface area contributed by atoms with Crippen molar-refractivity contribution >= 4 is 11.9 Å². The molecular formula is C20H24O15. The van der Waals surface area contributed by atoms with Crippen LogP contribution < -0.4 is 0 Å². The van der Waals surface area contributed by atoms with E-state index in [1.165, 1.54) is 12.1 Å². The summed E-state index contributed by atoms with van der Waals surface area (Å²) in [5, 5.41) is 82.2. The molecule has 1 aromatic rings. The molecule has 9 atom stereocenters. The smallest absolute Gasteiger partial charge is 0.405 e. The maximum atomic E-state index is 13.1. The molecule has 3 heterocycles. The van der Waals surface area contributed by atoms with E-state index in [1.807, 2.05) is 0 Å². The van der Waals surface area contributed by atoms with Crippen LogP contribution >= 0.6 is 0 Å². The van der Waals surface area contributed by atoms with Crippen LogP contribution in [-0.2, 0) is 23.7 Å². The summed E-state index contributed by atoms with van der Waals surface area (Å²) in [6.45, 7) is -3.27. The number of carbonyl (C=O) groups is 2. The molecule has 4 rings (SSSR count). The van der Waals surface area contributed by atoms with E-state index in [0.717, 1.165) is 12.1 Å². The van der Waals surface area contributed by atoms with E-state index in [0.29, 0.717) is 0 Å². The van der Waals surface area contributed by atoms with Crippen LogP contribution in [0.3, 0.4) is 0 Å². The third-order valence-corrected chi connectivity index (χ3v) is 6.09. The van der Waals surface area contributed by atoms with Crippen molar-refractivity contribution in [3.8, 4) is 0 Å². The van der Waals surface area contributed by atoms with Crippen LogP contribution in [0.1, 0.15) is 20.7 Å². The van der Waals surface area contributed by atoms with Crippen LogP contribution in [0.5, 0.6) is 0 Å². The van der Waals surface area contributed by atoms with Crippen molar-refractivity contribution in [2.24, 2.45) is 0 Å². The fourth-order valence-electron chi connectivity index (χ4n) is 4.14. The van der Waals surface area contributed by atoms with Gasteiger partial charge in [-0.3, -0.25) is 4.74 Å². The normalized spacial score (nSPS) is 43.4. The highest BCUT2D eigenvalue weighted by Gasteiger charge is 2.76. The molecule has 1 aromatic carbocycles. The summed E-state index contributed by atoms with van der Waals surface area (Å²) in [4.78, 5) is 25.9. The molecule has 1 unspecified atom stereocenters. The summed E-state index contributed by atoms with van der Waals surface area (Å²) in [5.41, 5.74) is -0.818. The van der Waals surface area contributed by atoms with Crippen molar-refractivity contribution in [3.63, 3.8) is 0 Å². The Morgan fingerprint density at radius 2 is 1.31 bits per heavy atom. The Hall–Kier alpha value is -2.28. The van der Waals surface area contributed by atoms with Gasteiger partial charge < -0.3 is 59.8 Å². The minimum absolute atomic E-state index is 0.407. The van der Waals surface area contributed by atoms with Crippen molar-refractivity contribution in [3.05, 3.63) is 35.4 Å². The lowest BCUT2D eigenvalue weighted by Crippen LogP contribution is -2.78. The molecule has 0 radical (unpaired) electrons. The lowest BCUT2D eigenvalue weighted by molar-refractivity contribution is -0.551. The first-order valence-electron chi connectivity index (χ1n) is 10.4. The summed E-state index contributed by atoms with van der Waals surface area (Å²) in [6.07, 6.45) is -12.2. The fourth-order valence-corrected chi connectivity index (χ4v) is 4.14. The van der Waals surface area contributed by atoms with Gasteiger partial charge in [-0.15, -0.1) is 0 Å². The summed E-state index contributed by atoms with van der Waals surface area (Å²) >= 11 is 0. The number of esters is 2. The third kappa shape index (κ3) is 3.73. The van der Waals surface area contributed by atoms with E-state index >= 15 is 0 Å². The van der Waals surface area contributed by atoms with Crippen LogP contribution in [0.2, 0.25) is 0 Å². The first-order valence-corrected chi connectivity index (χ1v) is 10.4. The first kappa shape index (κ1) is 25.8. The summed E-state index contributed by atoms with van der Waals surface area (Å²) in [6, 6.07) is 4.99. The zero-order chi connectivity index (χ0) is 25.8. The first-order chi connectivity index (χ1) is 16.5. The molecule has 0 amide bonds. The predicted octanol–water partition coefficient (Wildman–Crippen LogP) is -4.71. The average molecular weight is 504 g/mol. The molecule has 35 heavy (non-hydrogen) atoms. The zero-order valence-corrected chi connectivity index (χ0v) is 17.8. The van der Waals surface area contributed by atoms with Crippen LogP contribution in [0.25, 0.3) is 0 Å². The van der Waals surface area contributed by atoms with E-state index in [4.69, 9.17) is 23.7 Å². The minimum atomic E-state index is -3.59. The van der Waals surface area contributed by atoms with Crippen LogP contribution in [0, 0.1) is 0 Å². The molecular weight excluding hydrogens is 480 g/mol. The minimum Gasteiger partial charge on any atom is -0.417 e. The number of aliphatic hydroxyl groups is 8. The third-order valence-electron chi connectivity index (χ3n) is 6.09. The van der Waals surface area contributed by atoms with Crippen molar-refractivity contribution in [2.45, 2.75) is 54.2 Å². The van der Waals surface area contributed by atoms with Gasteiger partial charge in [0.15, 0.2) is 6.10 Å². The van der Waals surface area contributed by atoms with Gasteiger partial charge in [-0.1, -0.05) is 12.1 Å². The number of hydrogen-bond donors (Lipinski definition) is 8. The standard InChI is InChI=1S/C20H24O15/c21-5-10-12(24)14(26)18(7-23,31-10)35-20-19(30,15(27)13(25)11(6-22)32-20)33-16(28)8-3-1-2-4-9(8)17(29)34-20/h1-4,10-15,21-27,30H,5-7H2/t10-,11-,12-,13-,14+,15+,18?,19+,20+/m1/s1. The number of aliphatic hydroxyl groups excluding tert-OH is 7. The quantitative estimate of drug-likeness (QED) is 0.176. The highest BCUT2D eigenvalue weighted by Crippen LogP contribution is 2.48. The maximum absolute atomic E-state index is 13.1. The Morgan fingerprint density at radius 1 is 0.800 bits per heavy atom. The van der Waals surface area contributed by atoms with Gasteiger partial charge in [0.1, 0.15) is 37.1 Å². The van der Waals surface area contributed by atoms with E-state index in [2.05, 4.69) is 0 Å². The van der Waals surface area contributed by atoms with Crippen molar-refractivity contribution in [2.75, 3.05) is 19.8 Å². The lowest BCUT2D eigenvalue weighted by atomic mass is 9.92. The summed E-state index contributed by atoms with van der Waals surface area (Å²) < 4.78 is 26.3. The Morgan fingerprint density at radius 3 is 1.83 bits per heavy atom. The molecule has 3 aliphatic heterocycles. The lowest BCUT2D eigenvalue weighted by Gasteiger charge is -2.54. The molecule has 3 aliphatic rings. The number of hydrogen-bond acceptors (Lipinski definition) is 15. The second kappa shape index (κ2) is 8.99. The van der Waals surface area contributed by atoms with E-state index in [-0.39, 0.29) is 0 Å². The van der Waals surface area contributed by atoms with Gasteiger partial charge in [-0.05, 0) is 12.1 Å². The van der Waals surface area contributed by atoms with Crippen molar-refractivity contribution < 1.29 is 74.1 Å². The van der Waals surface area contributed by atoms with Gasteiger partial charge in [0, 0.05) is 0 Å². The largest absolute Gasteiger partial charge is 0.417 e. The van der Waals surface area contributed by atoms with Crippen LogP contribution in [0.4, 0.5) is 0 Å². The van der Waals surface area contributed by atoms with Gasteiger partial charge in [0.25, 0.3) is 0 Å². The molecule has 0 saturated carbocycles. The molecule has 8 N–H and O–H groups in total. The molecule has 194 valence electrons. The molecule has 15 nitrogen and oxygen atoms in total. The SMILES string of the molecule is O=C1O[C@@]2(OC3(CO)O[C@H](CO)[C@@H](O)[C@@H]3O)O[C@H](CO)[C@@H](O)[C@H](O)[C@]2(O)OC(=O)c2ccccc21. The zero-order valence-electron chi connectivity index (χ0n) is 17.8. The topological polar surface area (TPSA) is 242 Å². The maximum Gasteiger partial charge on any atom is 0.405 e. The van der Waals surface area contributed by atoms with Crippen LogP contribution in [-0.4, -0.2) is 127 Å². The Bertz CT molecular complexity index is 987. The van der Waals surface area contributed by atoms with Crippen LogP contribution in [0.15, 0.2) is 24.3 Å². The fraction of sp³-hybridized carbons (Fsp3) is 0.600. The second-order valence-electron chi connectivity index (χ2n) is 8.20. The number of rotatable bonds is 5. The van der Waals surface area contributed by atoms with Crippen molar-refractivity contribution in [1.82, 2.24) is 0 Å². The molecule has 0 bridgehead atoms. The molecule has 2 fully saturated rings. The van der Waals surface area contributed by atoms with E-state index in [1.54, 1.807) is 0 Å². The van der Waals surface area contributed by atoms with Gasteiger partial charge in [-0.25, -0.2) is 9.59 Å². The highest BCUT2D eigenvalue weighted by molar-refractivity contribution is 6.03. The summed E-state index contributed by atoms with van der Waals surface area (Å²) in [5.74, 6) is -12.7. The molecule has 0 spiro atoms. The summed E-state index contributed by atoms with van der Waals surface area (Å²) in [7, 11) is 0. The number of carbonyl (C=O) groups excluding carboxylic acids is 2. The van der Waals surface area contributed by atoms with E-state index < -0.39 is 97.1 Å². The highest BCUT2D eigenvalue weighted by atomic mass is 17.0. The van der Waals surface area contributed by atoms with Gasteiger partial charge in [0.2, 0.25) is 5.79 Å². The molecule has 0 aliphatic carbocycles. The Balaban J connectivity index is 1.90. The van der Waals surface area contributed by atoms with Gasteiger partial charge in [-0.2, -0.15) is 0 Å². The second-order valence-corrected chi connectivity index (χ2v) is 8.20. The number of fused-ring (bicyclic) bond motifs is 2. The Labute approximate surface area is 196 Å². The van der Waals surface area contributed by atoms with Gasteiger partial charge in [0.05, 0.1) is 24.3 Å². The predicted molar refractivity (Wildman–Crippen MR) is 104 cm³/mol. The molecule has 15 heteroatoms. The number of ether oxygens (including phenoxy) is 5.